The first-order chi connectivity index (χ1) is 25.3. The topological polar surface area (TPSA) is 100 Å². The first-order valence-electron chi connectivity index (χ1n) is 21.1. The molecule has 51 heavy (non-hydrogen) atoms. The molecule has 0 heterocycles. The Morgan fingerprint density at radius 3 is 0.824 bits per heavy atom. The summed E-state index contributed by atoms with van der Waals surface area (Å²) in [5, 5.41) is 0. The number of rotatable bonds is 46. The number of carbonyl (C=O) groups is 1. The molecule has 10 nitrogen and oxygen atoms in total. The molecule has 0 aromatic heterocycles. The van der Waals surface area contributed by atoms with Crippen molar-refractivity contribution < 1.29 is 47.4 Å². The fourth-order valence-corrected chi connectivity index (χ4v) is 5.38. The maximum Gasteiger partial charge on any atom is 0.305 e. The highest BCUT2D eigenvalue weighted by Crippen LogP contribution is 2.14. The molecule has 0 aromatic rings. The van der Waals surface area contributed by atoms with E-state index in [1.54, 1.807) is 0 Å². The molecule has 0 rings (SSSR count). The summed E-state index contributed by atoms with van der Waals surface area (Å²) in [4.78, 5) is 11.9. The van der Waals surface area contributed by atoms with Crippen LogP contribution in [-0.2, 0) is 47.4 Å². The largest absolute Gasteiger partial charge is 0.463 e. The van der Waals surface area contributed by atoms with E-state index in [4.69, 9.17) is 42.6 Å². The van der Waals surface area contributed by atoms with E-state index in [1.165, 1.54) is 109 Å². The minimum Gasteiger partial charge on any atom is -0.463 e. The van der Waals surface area contributed by atoms with Crippen molar-refractivity contribution >= 4 is 5.97 Å². The summed E-state index contributed by atoms with van der Waals surface area (Å²) in [5.74, 6) is -0.124. The van der Waals surface area contributed by atoms with Crippen molar-refractivity contribution in [1.82, 2.24) is 0 Å². The maximum atomic E-state index is 11.9. The van der Waals surface area contributed by atoms with Crippen molar-refractivity contribution in [2.24, 2.45) is 0 Å². The Balaban J connectivity index is 3.13. The average molecular weight is 735 g/mol. The number of hydrogen-bond donors (Lipinski definition) is 0. The zero-order valence-electron chi connectivity index (χ0n) is 33.5. The highest BCUT2D eigenvalue weighted by atomic mass is 16.6. The number of ether oxygens (including phenoxy) is 9. The Labute approximate surface area is 314 Å². The normalized spacial score (nSPS) is 11.5. The molecule has 0 radical (unpaired) electrons. The van der Waals surface area contributed by atoms with E-state index in [1.807, 2.05) is 0 Å². The summed E-state index contributed by atoms with van der Waals surface area (Å²) in [6.07, 6.45) is 26.6. The molecule has 0 aliphatic heterocycles. The second-order valence-corrected chi connectivity index (χ2v) is 13.2. The lowest BCUT2D eigenvalue weighted by atomic mass is 10.0. The van der Waals surface area contributed by atoms with Gasteiger partial charge in [0, 0.05) is 13.0 Å². The lowest BCUT2D eigenvalue weighted by Crippen LogP contribution is -2.15. The second kappa shape index (κ2) is 47.2. The highest BCUT2D eigenvalue weighted by molar-refractivity contribution is 5.69. The molecule has 0 bridgehead atoms. The standard InChI is InChI=1S/C41H82O10/c1-3-5-7-9-10-11-12-13-14-15-16-17-18-19-21-23-41(42)51-40-39-50-38-37-49-36-35-48-34-33-47-32-31-46-30-29-45-28-27-44-26-25-43-24-22-20-8-6-4-2/h3-40H2,1-2H3. The highest BCUT2D eigenvalue weighted by Gasteiger charge is 2.03. The van der Waals surface area contributed by atoms with Crippen LogP contribution in [0.15, 0.2) is 0 Å². The Morgan fingerprint density at radius 2 is 0.510 bits per heavy atom. The Bertz CT molecular complexity index is 640. The van der Waals surface area contributed by atoms with Crippen molar-refractivity contribution in [2.75, 3.05) is 112 Å². The van der Waals surface area contributed by atoms with Crippen LogP contribution in [0, 0.1) is 0 Å². The number of carbonyl (C=O) groups excluding carboxylic acids is 1. The van der Waals surface area contributed by atoms with E-state index in [9.17, 15) is 4.79 Å². The van der Waals surface area contributed by atoms with Crippen LogP contribution in [-0.4, -0.2) is 118 Å². The second-order valence-electron chi connectivity index (χ2n) is 13.2. The van der Waals surface area contributed by atoms with Crippen molar-refractivity contribution in [1.29, 1.82) is 0 Å². The minimum absolute atomic E-state index is 0.124. The summed E-state index contributed by atoms with van der Waals surface area (Å²) in [5.41, 5.74) is 0. The van der Waals surface area contributed by atoms with Crippen molar-refractivity contribution in [3.63, 3.8) is 0 Å². The summed E-state index contributed by atoms with van der Waals surface area (Å²) < 4.78 is 49.3. The third-order valence-corrected chi connectivity index (χ3v) is 8.47. The molecule has 0 atom stereocenters. The van der Waals surface area contributed by atoms with E-state index in [-0.39, 0.29) is 5.97 Å². The monoisotopic (exact) mass is 735 g/mol. The molecular weight excluding hydrogens is 652 g/mol. The Kier molecular flexibility index (Phi) is 46.4. The zero-order chi connectivity index (χ0) is 36.8. The van der Waals surface area contributed by atoms with Crippen LogP contribution in [0.2, 0.25) is 0 Å². The van der Waals surface area contributed by atoms with Gasteiger partial charge in [0.25, 0.3) is 0 Å². The van der Waals surface area contributed by atoms with Gasteiger partial charge in [-0.25, -0.2) is 0 Å². The molecule has 0 fully saturated rings. The molecule has 10 heteroatoms. The molecule has 306 valence electrons. The van der Waals surface area contributed by atoms with E-state index in [0.29, 0.717) is 112 Å². The van der Waals surface area contributed by atoms with Gasteiger partial charge >= 0.3 is 5.97 Å². The molecule has 0 aromatic carbocycles. The predicted molar refractivity (Wildman–Crippen MR) is 206 cm³/mol. The number of unbranched alkanes of at least 4 members (excludes halogenated alkanes) is 18. The van der Waals surface area contributed by atoms with Crippen molar-refractivity contribution in [3.8, 4) is 0 Å². The Morgan fingerprint density at radius 1 is 0.275 bits per heavy atom. The summed E-state index contributed by atoms with van der Waals surface area (Å²) in [7, 11) is 0. The Hall–Kier alpha value is -0.850. The smallest absolute Gasteiger partial charge is 0.305 e. The lowest BCUT2D eigenvalue weighted by Gasteiger charge is -2.09. The molecule has 0 unspecified atom stereocenters. The van der Waals surface area contributed by atoms with Crippen molar-refractivity contribution in [3.05, 3.63) is 0 Å². The van der Waals surface area contributed by atoms with Crippen LogP contribution in [0.4, 0.5) is 0 Å². The van der Waals surface area contributed by atoms with E-state index in [0.717, 1.165) is 25.9 Å². The van der Waals surface area contributed by atoms with Crippen LogP contribution in [0.5, 0.6) is 0 Å². The van der Waals surface area contributed by atoms with Gasteiger partial charge in [-0.05, 0) is 12.8 Å². The van der Waals surface area contributed by atoms with Gasteiger partial charge in [-0.1, -0.05) is 129 Å². The zero-order valence-corrected chi connectivity index (χ0v) is 33.5. The molecule has 0 saturated heterocycles. The third-order valence-electron chi connectivity index (χ3n) is 8.47. The first-order valence-corrected chi connectivity index (χ1v) is 21.1. The van der Waals surface area contributed by atoms with Crippen LogP contribution in [0.3, 0.4) is 0 Å². The van der Waals surface area contributed by atoms with Gasteiger partial charge in [0.15, 0.2) is 0 Å². The van der Waals surface area contributed by atoms with E-state index in [2.05, 4.69) is 13.8 Å². The van der Waals surface area contributed by atoms with Crippen LogP contribution < -0.4 is 0 Å². The van der Waals surface area contributed by atoms with Gasteiger partial charge in [-0.3, -0.25) is 4.79 Å². The van der Waals surface area contributed by atoms with Gasteiger partial charge in [-0.15, -0.1) is 0 Å². The minimum atomic E-state index is -0.124. The molecule has 0 amide bonds. The van der Waals surface area contributed by atoms with Gasteiger partial charge < -0.3 is 42.6 Å². The van der Waals surface area contributed by atoms with Crippen LogP contribution in [0.1, 0.15) is 149 Å². The fraction of sp³-hybridized carbons (Fsp3) is 0.976. The van der Waals surface area contributed by atoms with Gasteiger partial charge in [0.1, 0.15) is 6.61 Å². The van der Waals surface area contributed by atoms with E-state index < -0.39 is 0 Å². The number of esters is 1. The lowest BCUT2D eigenvalue weighted by molar-refractivity contribution is -0.145. The average Bonchev–Trinajstić information content (AvgIpc) is 3.14. The maximum absolute atomic E-state index is 11.9. The molecular formula is C41H82O10. The van der Waals surface area contributed by atoms with Crippen molar-refractivity contribution in [2.45, 2.75) is 149 Å². The molecule has 0 aliphatic rings. The van der Waals surface area contributed by atoms with E-state index >= 15 is 0 Å². The predicted octanol–water partition coefficient (Wildman–Crippen LogP) is 8.89. The first kappa shape index (κ1) is 50.1. The third kappa shape index (κ3) is 47.1. The SMILES string of the molecule is CCCCCCCCCCCCCCCCCC(=O)OCCOCCOCCOCCOCCOCCOCCOCCOCCCCCCC. The van der Waals surface area contributed by atoms with Crippen LogP contribution in [0.25, 0.3) is 0 Å². The van der Waals surface area contributed by atoms with Gasteiger partial charge in [-0.2, -0.15) is 0 Å². The number of hydrogen-bond acceptors (Lipinski definition) is 10. The van der Waals surface area contributed by atoms with Gasteiger partial charge in [0.05, 0.1) is 99.1 Å². The molecule has 0 aliphatic carbocycles. The molecule has 0 saturated carbocycles. The summed E-state index contributed by atoms with van der Waals surface area (Å²) in [6, 6.07) is 0. The molecule has 0 spiro atoms. The molecule has 0 N–H and O–H groups in total. The summed E-state index contributed by atoms with van der Waals surface area (Å²) >= 11 is 0. The van der Waals surface area contributed by atoms with Gasteiger partial charge in [0.2, 0.25) is 0 Å². The fourth-order valence-electron chi connectivity index (χ4n) is 5.38. The summed E-state index contributed by atoms with van der Waals surface area (Å²) in [6.45, 7) is 13.5. The van der Waals surface area contributed by atoms with Crippen LogP contribution >= 0.6 is 0 Å². The quantitative estimate of drug-likeness (QED) is 0.0445.